The minimum absolute atomic E-state index is 0.623. The van der Waals surface area contributed by atoms with Gasteiger partial charge in [0.25, 0.3) is 0 Å². The SMILES string of the molecule is Cn1nncc1CN1CCCC(c2ccncc2)C1. The van der Waals surface area contributed by atoms with Crippen molar-refractivity contribution >= 4 is 0 Å². The Morgan fingerprint density at radius 2 is 2.16 bits per heavy atom. The van der Waals surface area contributed by atoms with Crippen molar-refractivity contribution in [3.05, 3.63) is 42.0 Å². The molecule has 5 heteroatoms. The number of aromatic nitrogens is 4. The van der Waals surface area contributed by atoms with Gasteiger partial charge in [-0.3, -0.25) is 14.6 Å². The van der Waals surface area contributed by atoms with E-state index in [1.165, 1.54) is 24.1 Å². The Bertz CT molecular complexity index is 522. The highest BCUT2D eigenvalue weighted by atomic mass is 15.4. The summed E-state index contributed by atoms with van der Waals surface area (Å²) in [5, 5.41) is 7.93. The van der Waals surface area contributed by atoms with Gasteiger partial charge in [-0.25, -0.2) is 0 Å². The molecule has 1 atom stereocenters. The maximum Gasteiger partial charge on any atom is 0.0738 e. The molecular formula is C14H19N5. The molecule has 100 valence electrons. The maximum atomic E-state index is 4.10. The number of piperidine rings is 1. The van der Waals surface area contributed by atoms with Crippen LogP contribution in [0.3, 0.4) is 0 Å². The van der Waals surface area contributed by atoms with Crippen molar-refractivity contribution in [2.24, 2.45) is 7.05 Å². The van der Waals surface area contributed by atoms with Gasteiger partial charge in [-0.2, -0.15) is 0 Å². The first-order valence-electron chi connectivity index (χ1n) is 6.79. The Morgan fingerprint density at radius 3 is 2.89 bits per heavy atom. The molecule has 2 aromatic rings. The standard InChI is InChI=1S/C14H19N5/c1-18-14(9-16-17-18)11-19-8-2-3-13(10-19)12-4-6-15-7-5-12/h4-7,9,13H,2-3,8,10-11H2,1H3. The van der Waals surface area contributed by atoms with Crippen LogP contribution in [0.25, 0.3) is 0 Å². The van der Waals surface area contributed by atoms with Crippen molar-refractivity contribution in [1.29, 1.82) is 0 Å². The van der Waals surface area contributed by atoms with Crippen molar-refractivity contribution in [3.8, 4) is 0 Å². The number of hydrogen-bond acceptors (Lipinski definition) is 4. The lowest BCUT2D eigenvalue weighted by molar-refractivity contribution is 0.196. The Morgan fingerprint density at radius 1 is 1.32 bits per heavy atom. The van der Waals surface area contributed by atoms with Crippen LogP contribution in [0.4, 0.5) is 0 Å². The van der Waals surface area contributed by atoms with Crippen LogP contribution in [0.1, 0.15) is 30.0 Å². The van der Waals surface area contributed by atoms with Gasteiger partial charge in [0.2, 0.25) is 0 Å². The van der Waals surface area contributed by atoms with Crippen LogP contribution in [0.2, 0.25) is 0 Å². The van der Waals surface area contributed by atoms with E-state index in [2.05, 4.69) is 32.3 Å². The van der Waals surface area contributed by atoms with Gasteiger partial charge in [-0.1, -0.05) is 5.21 Å². The average Bonchev–Trinajstić information content (AvgIpc) is 2.86. The largest absolute Gasteiger partial charge is 0.297 e. The second kappa shape index (κ2) is 5.48. The molecule has 0 spiro atoms. The minimum atomic E-state index is 0.623. The molecule has 0 radical (unpaired) electrons. The molecule has 5 nitrogen and oxygen atoms in total. The molecule has 2 aromatic heterocycles. The number of likely N-dealkylation sites (tertiary alicyclic amines) is 1. The molecule has 1 unspecified atom stereocenters. The summed E-state index contributed by atoms with van der Waals surface area (Å²) in [5.41, 5.74) is 2.58. The van der Waals surface area contributed by atoms with E-state index >= 15 is 0 Å². The summed E-state index contributed by atoms with van der Waals surface area (Å²) in [7, 11) is 1.95. The Labute approximate surface area is 113 Å². The highest BCUT2D eigenvalue weighted by Crippen LogP contribution is 2.27. The fourth-order valence-electron chi connectivity index (χ4n) is 2.79. The van der Waals surface area contributed by atoms with Gasteiger partial charge in [0.1, 0.15) is 0 Å². The van der Waals surface area contributed by atoms with Gasteiger partial charge < -0.3 is 0 Å². The lowest BCUT2D eigenvalue weighted by atomic mass is 9.91. The van der Waals surface area contributed by atoms with Gasteiger partial charge in [-0.05, 0) is 43.0 Å². The summed E-state index contributed by atoms with van der Waals surface area (Å²) < 4.78 is 1.86. The smallest absolute Gasteiger partial charge is 0.0738 e. The van der Waals surface area contributed by atoms with Crippen molar-refractivity contribution in [2.45, 2.75) is 25.3 Å². The van der Waals surface area contributed by atoms with Gasteiger partial charge in [0, 0.05) is 32.5 Å². The molecule has 0 aliphatic carbocycles. The summed E-state index contributed by atoms with van der Waals surface area (Å²) in [4.78, 5) is 6.59. The lowest BCUT2D eigenvalue weighted by Crippen LogP contribution is -2.34. The normalized spacial score (nSPS) is 20.6. The highest BCUT2D eigenvalue weighted by molar-refractivity contribution is 5.17. The molecule has 1 aliphatic rings. The predicted octanol–water partition coefficient (Wildman–Crippen LogP) is 1.59. The third-order valence-corrected chi connectivity index (χ3v) is 3.88. The Kier molecular flexibility index (Phi) is 3.55. The predicted molar refractivity (Wildman–Crippen MR) is 72.5 cm³/mol. The number of aryl methyl sites for hydroxylation is 1. The van der Waals surface area contributed by atoms with Crippen LogP contribution in [-0.4, -0.2) is 38.0 Å². The maximum absolute atomic E-state index is 4.10. The van der Waals surface area contributed by atoms with Crippen molar-refractivity contribution in [3.63, 3.8) is 0 Å². The number of rotatable bonds is 3. The third-order valence-electron chi connectivity index (χ3n) is 3.88. The van der Waals surface area contributed by atoms with E-state index in [-0.39, 0.29) is 0 Å². The average molecular weight is 257 g/mol. The highest BCUT2D eigenvalue weighted by Gasteiger charge is 2.21. The van der Waals surface area contributed by atoms with Gasteiger partial charge in [0.05, 0.1) is 11.9 Å². The number of pyridine rings is 1. The molecule has 19 heavy (non-hydrogen) atoms. The molecule has 0 amide bonds. The topological polar surface area (TPSA) is 46.8 Å². The number of nitrogens with zero attached hydrogens (tertiary/aromatic N) is 5. The summed E-state index contributed by atoms with van der Waals surface area (Å²) in [6.07, 6.45) is 8.15. The monoisotopic (exact) mass is 257 g/mol. The second-order valence-electron chi connectivity index (χ2n) is 5.20. The zero-order chi connectivity index (χ0) is 13.1. The van der Waals surface area contributed by atoms with Crippen molar-refractivity contribution < 1.29 is 0 Å². The number of hydrogen-bond donors (Lipinski definition) is 0. The Balaban J connectivity index is 1.67. The molecule has 0 saturated carbocycles. The molecule has 3 rings (SSSR count). The van der Waals surface area contributed by atoms with Crippen LogP contribution >= 0.6 is 0 Å². The van der Waals surface area contributed by atoms with Crippen LogP contribution in [0.5, 0.6) is 0 Å². The van der Waals surface area contributed by atoms with E-state index in [9.17, 15) is 0 Å². The van der Waals surface area contributed by atoms with E-state index in [0.29, 0.717) is 5.92 Å². The summed E-state index contributed by atoms with van der Waals surface area (Å²) in [6.45, 7) is 3.20. The van der Waals surface area contributed by atoms with Gasteiger partial charge in [-0.15, -0.1) is 5.10 Å². The third kappa shape index (κ3) is 2.81. The summed E-state index contributed by atoms with van der Waals surface area (Å²) in [5.74, 6) is 0.623. The molecule has 1 fully saturated rings. The quantitative estimate of drug-likeness (QED) is 0.837. The molecule has 1 saturated heterocycles. The zero-order valence-electron chi connectivity index (χ0n) is 11.2. The van der Waals surface area contributed by atoms with E-state index < -0.39 is 0 Å². The first kappa shape index (κ1) is 12.3. The van der Waals surface area contributed by atoms with E-state index in [4.69, 9.17) is 0 Å². The molecule has 0 bridgehead atoms. The summed E-state index contributed by atoms with van der Waals surface area (Å²) >= 11 is 0. The van der Waals surface area contributed by atoms with E-state index in [1.54, 1.807) is 0 Å². The Hall–Kier alpha value is -1.75. The molecule has 3 heterocycles. The molecule has 1 aliphatic heterocycles. The van der Waals surface area contributed by atoms with Gasteiger partial charge >= 0.3 is 0 Å². The minimum Gasteiger partial charge on any atom is -0.297 e. The first-order valence-corrected chi connectivity index (χ1v) is 6.79. The summed E-state index contributed by atoms with van der Waals surface area (Å²) in [6, 6.07) is 4.28. The van der Waals surface area contributed by atoms with E-state index in [0.717, 1.165) is 19.6 Å². The van der Waals surface area contributed by atoms with Crippen LogP contribution in [0.15, 0.2) is 30.7 Å². The zero-order valence-corrected chi connectivity index (χ0v) is 11.2. The first-order chi connectivity index (χ1) is 9.33. The molecular weight excluding hydrogens is 238 g/mol. The second-order valence-corrected chi connectivity index (χ2v) is 5.20. The van der Waals surface area contributed by atoms with Crippen LogP contribution < -0.4 is 0 Å². The molecule has 0 N–H and O–H groups in total. The fraction of sp³-hybridized carbons (Fsp3) is 0.500. The lowest BCUT2D eigenvalue weighted by Gasteiger charge is -2.32. The molecule has 0 aromatic carbocycles. The van der Waals surface area contributed by atoms with Crippen molar-refractivity contribution in [1.82, 2.24) is 24.9 Å². The fourth-order valence-corrected chi connectivity index (χ4v) is 2.79. The van der Waals surface area contributed by atoms with Crippen LogP contribution in [0, 0.1) is 0 Å². The van der Waals surface area contributed by atoms with Crippen molar-refractivity contribution in [2.75, 3.05) is 13.1 Å². The van der Waals surface area contributed by atoms with Crippen LogP contribution in [-0.2, 0) is 13.6 Å². The van der Waals surface area contributed by atoms with Gasteiger partial charge in [0.15, 0.2) is 0 Å². The van der Waals surface area contributed by atoms with E-state index in [1.807, 2.05) is 30.3 Å².